The van der Waals surface area contributed by atoms with Crippen LogP contribution in [0.25, 0.3) is 11.1 Å². The van der Waals surface area contributed by atoms with Gasteiger partial charge in [-0.3, -0.25) is 15.0 Å². The first-order valence-corrected chi connectivity index (χ1v) is 10.3. The molecule has 0 saturated carbocycles. The Hall–Kier alpha value is -2.17. The normalized spacial score (nSPS) is 15.1. The fraction of sp³-hybridized carbons (Fsp3) is 0.278. The molecule has 0 unspecified atom stereocenters. The summed E-state index contributed by atoms with van der Waals surface area (Å²) in [5, 5.41) is 1.85. The number of guanidine groups is 1. The molecule has 1 fully saturated rings. The molecule has 0 aliphatic carbocycles. The van der Waals surface area contributed by atoms with Gasteiger partial charge in [0.1, 0.15) is 4.34 Å². The lowest BCUT2D eigenvalue weighted by Crippen LogP contribution is -2.52. The number of hydrazine groups is 1. The number of thiophene rings is 1. The number of amides is 2. The Morgan fingerprint density at radius 1 is 1.07 bits per heavy atom. The summed E-state index contributed by atoms with van der Waals surface area (Å²) >= 11 is 13.5. The van der Waals surface area contributed by atoms with Crippen LogP contribution in [0.3, 0.4) is 0 Å². The highest BCUT2D eigenvalue weighted by Crippen LogP contribution is 2.38. The van der Waals surface area contributed by atoms with E-state index in [0.29, 0.717) is 32.9 Å². The van der Waals surface area contributed by atoms with Crippen LogP contribution in [0.5, 0.6) is 0 Å². The van der Waals surface area contributed by atoms with Crippen molar-refractivity contribution in [2.24, 2.45) is 16.5 Å². The third kappa shape index (κ3) is 5.46. The molecule has 1 aromatic heterocycles. The highest BCUT2D eigenvalue weighted by Gasteiger charge is 2.20. The smallest absolute Gasteiger partial charge is 0.280 e. The quantitative estimate of drug-likeness (QED) is 0.480. The van der Waals surface area contributed by atoms with Crippen LogP contribution in [0.4, 0.5) is 0 Å². The lowest BCUT2D eigenvalue weighted by molar-refractivity contribution is 0.0662. The molecule has 0 spiro atoms. The number of carbonyl (C=O) groups excluding carboxylic acids is 2. The molecule has 8 nitrogen and oxygen atoms in total. The Bertz CT molecular complexity index is 965. The molecule has 1 saturated heterocycles. The van der Waals surface area contributed by atoms with E-state index in [0.717, 1.165) is 13.1 Å². The molecule has 1 aliphatic heterocycles. The van der Waals surface area contributed by atoms with Crippen molar-refractivity contribution < 1.29 is 9.59 Å². The summed E-state index contributed by atoms with van der Waals surface area (Å²) in [5.41, 5.74) is 15.2. The standard InChI is InChI=1S/C18H20Cl2N6O2S/c1-25-2-4-26(5-3-25)24-17(28)12-7-10(13-9-14(19)29-15(13)20)6-11(8-12)16(27)23-18(21)22/h6-9H,2-5H2,1H3,(H,24,28)(H4,21,22,23,27). The molecule has 11 heteroatoms. The van der Waals surface area contributed by atoms with Gasteiger partial charge in [-0.1, -0.05) is 23.2 Å². The molecule has 1 aliphatic rings. The average molecular weight is 455 g/mol. The molecule has 3 rings (SSSR count). The molecule has 2 amide bonds. The van der Waals surface area contributed by atoms with Crippen molar-refractivity contribution in [2.45, 2.75) is 0 Å². The molecule has 154 valence electrons. The monoisotopic (exact) mass is 454 g/mol. The predicted molar refractivity (Wildman–Crippen MR) is 116 cm³/mol. The number of aliphatic imine (C=N–C) groups is 1. The molecule has 0 atom stereocenters. The fourth-order valence-corrected chi connectivity index (χ4v) is 4.39. The van der Waals surface area contributed by atoms with Gasteiger partial charge in [-0.2, -0.15) is 4.99 Å². The minimum absolute atomic E-state index is 0.165. The van der Waals surface area contributed by atoms with E-state index in [-0.39, 0.29) is 23.0 Å². The number of hydrogen-bond acceptors (Lipinski definition) is 5. The number of rotatable bonds is 4. The maximum atomic E-state index is 12.8. The summed E-state index contributed by atoms with van der Waals surface area (Å²) in [6.45, 7) is 3.09. The second kappa shape index (κ2) is 9.10. The van der Waals surface area contributed by atoms with E-state index in [1.54, 1.807) is 18.2 Å². The highest BCUT2D eigenvalue weighted by atomic mass is 35.5. The van der Waals surface area contributed by atoms with E-state index in [4.69, 9.17) is 34.7 Å². The van der Waals surface area contributed by atoms with Gasteiger partial charge in [-0.05, 0) is 36.9 Å². The van der Waals surface area contributed by atoms with Gasteiger partial charge in [0.2, 0.25) is 0 Å². The Balaban J connectivity index is 1.95. The van der Waals surface area contributed by atoms with Crippen LogP contribution < -0.4 is 16.9 Å². The van der Waals surface area contributed by atoms with E-state index < -0.39 is 5.91 Å². The van der Waals surface area contributed by atoms with Crippen molar-refractivity contribution in [3.05, 3.63) is 44.1 Å². The van der Waals surface area contributed by atoms with Gasteiger partial charge in [0, 0.05) is 42.9 Å². The minimum Gasteiger partial charge on any atom is -0.370 e. The van der Waals surface area contributed by atoms with Gasteiger partial charge in [0.05, 0.1) is 4.34 Å². The Labute approximate surface area is 182 Å². The summed E-state index contributed by atoms with van der Waals surface area (Å²) in [7, 11) is 2.03. The first kappa shape index (κ1) is 21.5. The lowest BCUT2D eigenvalue weighted by atomic mass is 10.0. The fourth-order valence-electron chi connectivity index (χ4n) is 2.88. The number of benzene rings is 1. The van der Waals surface area contributed by atoms with Gasteiger partial charge >= 0.3 is 0 Å². The van der Waals surface area contributed by atoms with E-state index in [2.05, 4.69) is 15.3 Å². The molecule has 0 bridgehead atoms. The van der Waals surface area contributed by atoms with Crippen molar-refractivity contribution in [3.8, 4) is 11.1 Å². The Kier molecular flexibility index (Phi) is 6.76. The van der Waals surface area contributed by atoms with Crippen molar-refractivity contribution >= 4 is 52.3 Å². The van der Waals surface area contributed by atoms with Crippen LogP contribution in [-0.4, -0.2) is 60.9 Å². The Morgan fingerprint density at radius 3 is 2.31 bits per heavy atom. The zero-order chi connectivity index (χ0) is 21.1. The molecule has 5 N–H and O–H groups in total. The van der Waals surface area contributed by atoms with Gasteiger partial charge in [0.15, 0.2) is 5.96 Å². The van der Waals surface area contributed by atoms with Crippen LogP contribution in [0.15, 0.2) is 29.3 Å². The topological polar surface area (TPSA) is 117 Å². The zero-order valence-corrected chi connectivity index (χ0v) is 17.9. The third-order valence-electron chi connectivity index (χ3n) is 4.40. The zero-order valence-electron chi connectivity index (χ0n) is 15.6. The van der Waals surface area contributed by atoms with Crippen molar-refractivity contribution in [3.63, 3.8) is 0 Å². The van der Waals surface area contributed by atoms with Gasteiger partial charge in [-0.25, -0.2) is 5.01 Å². The van der Waals surface area contributed by atoms with Crippen molar-refractivity contribution in [2.75, 3.05) is 33.2 Å². The molecule has 2 heterocycles. The predicted octanol–water partition coefficient (Wildman–Crippen LogP) is 2.03. The van der Waals surface area contributed by atoms with Gasteiger partial charge in [-0.15, -0.1) is 11.3 Å². The molecular formula is C18H20Cl2N6O2S. The summed E-state index contributed by atoms with van der Waals surface area (Å²) in [5.74, 6) is -1.36. The first-order chi connectivity index (χ1) is 13.7. The van der Waals surface area contributed by atoms with E-state index in [1.165, 1.54) is 17.4 Å². The number of piperazine rings is 1. The maximum Gasteiger partial charge on any atom is 0.280 e. The van der Waals surface area contributed by atoms with E-state index in [9.17, 15) is 9.59 Å². The van der Waals surface area contributed by atoms with Gasteiger partial charge < -0.3 is 16.4 Å². The number of nitrogens with one attached hydrogen (secondary N) is 1. The SMILES string of the molecule is CN1CCN(NC(=O)c2cc(C(=O)N=C(N)N)cc(-c3cc(Cl)sc3Cl)c2)CC1. The second-order valence-corrected chi connectivity index (χ2v) is 8.90. The van der Waals surface area contributed by atoms with Gasteiger partial charge in [0.25, 0.3) is 11.8 Å². The third-order valence-corrected chi connectivity index (χ3v) is 5.89. The Morgan fingerprint density at radius 2 is 1.72 bits per heavy atom. The molecule has 2 aromatic rings. The number of carbonyl (C=O) groups is 2. The van der Waals surface area contributed by atoms with Crippen LogP contribution in [-0.2, 0) is 0 Å². The largest absolute Gasteiger partial charge is 0.370 e. The number of hydrogen-bond donors (Lipinski definition) is 3. The van der Waals surface area contributed by atoms with E-state index in [1.807, 2.05) is 12.1 Å². The maximum absolute atomic E-state index is 12.8. The first-order valence-electron chi connectivity index (χ1n) is 8.71. The van der Waals surface area contributed by atoms with Crippen LogP contribution in [0.1, 0.15) is 20.7 Å². The molecule has 0 radical (unpaired) electrons. The second-order valence-electron chi connectivity index (χ2n) is 6.61. The average Bonchev–Trinajstić information content (AvgIpc) is 3.01. The number of nitrogens with two attached hydrogens (primary N) is 2. The molecule has 29 heavy (non-hydrogen) atoms. The summed E-state index contributed by atoms with van der Waals surface area (Å²) in [6, 6.07) is 6.36. The number of halogens is 2. The molecule has 1 aromatic carbocycles. The highest BCUT2D eigenvalue weighted by molar-refractivity contribution is 7.20. The van der Waals surface area contributed by atoms with Crippen LogP contribution in [0, 0.1) is 0 Å². The number of likely N-dealkylation sites (N-methyl/N-ethyl adjacent to an activating group) is 1. The summed E-state index contributed by atoms with van der Waals surface area (Å²) in [4.78, 5) is 31.0. The van der Waals surface area contributed by atoms with Crippen molar-refractivity contribution in [1.29, 1.82) is 0 Å². The number of nitrogens with zero attached hydrogens (tertiary/aromatic N) is 3. The summed E-state index contributed by atoms with van der Waals surface area (Å²) < 4.78 is 0.946. The molecular weight excluding hydrogens is 435 g/mol. The van der Waals surface area contributed by atoms with Crippen LogP contribution >= 0.6 is 34.5 Å². The summed E-state index contributed by atoms with van der Waals surface area (Å²) in [6.07, 6.45) is 0. The minimum atomic E-state index is -0.655. The lowest BCUT2D eigenvalue weighted by Gasteiger charge is -2.32. The van der Waals surface area contributed by atoms with Crippen LogP contribution in [0.2, 0.25) is 8.67 Å². The van der Waals surface area contributed by atoms with E-state index >= 15 is 0 Å². The van der Waals surface area contributed by atoms with Crippen molar-refractivity contribution in [1.82, 2.24) is 15.3 Å².